The molecule has 2 atom stereocenters. The van der Waals surface area contributed by atoms with Crippen LogP contribution in [0.25, 0.3) is 0 Å². The average molecular weight is 487 g/mol. The fraction of sp³-hybridized carbons (Fsp3) is 0.667. The van der Waals surface area contributed by atoms with E-state index in [4.69, 9.17) is 4.74 Å². The quantitative estimate of drug-likeness (QED) is 0.529. The normalized spacial score (nSPS) is 21.1. The van der Waals surface area contributed by atoms with Crippen LogP contribution < -0.4 is 10.1 Å². The predicted molar refractivity (Wildman–Crippen MR) is 118 cm³/mol. The first kappa shape index (κ1) is 26.1. The van der Waals surface area contributed by atoms with Gasteiger partial charge >= 0.3 is 12.5 Å². The fourth-order valence-corrected chi connectivity index (χ4v) is 4.80. The van der Waals surface area contributed by atoms with Gasteiger partial charge in [0.2, 0.25) is 5.91 Å². The number of hydrogen-bond donors (Lipinski definition) is 2. The fourth-order valence-electron chi connectivity index (χ4n) is 4.80. The molecule has 2 N–H and O–H groups in total. The molecule has 34 heavy (non-hydrogen) atoms. The van der Waals surface area contributed by atoms with Crippen molar-refractivity contribution in [3.8, 4) is 5.75 Å². The third-order valence-corrected chi connectivity index (χ3v) is 6.48. The molecule has 1 aromatic rings. The number of benzene rings is 1. The number of carbonyl (C=O) groups is 2. The molecule has 0 bridgehead atoms. The standard InChI is InChI=1S/C24H33F3N2O5/c1-2-3-14-33-22(31)28-18-10-13-29(16-18)21(30)20(23(32)11-5-4-6-12-23)17-8-7-9-19(15-17)34-24(25,26)27/h7-9,15,18,20,32H,2-6,10-14,16H2,1H3,(H,28,31)/t18-,20?/m1/s1. The molecule has 1 saturated carbocycles. The lowest BCUT2D eigenvalue weighted by atomic mass is 9.72. The van der Waals surface area contributed by atoms with Gasteiger partial charge in [-0.25, -0.2) is 4.79 Å². The van der Waals surface area contributed by atoms with Crippen LogP contribution in [0.4, 0.5) is 18.0 Å². The maximum absolute atomic E-state index is 13.6. The molecule has 7 nitrogen and oxygen atoms in total. The van der Waals surface area contributed by atoms with Gasteiger partial charge < -0.3 is 24.8 Å². The van der Waals surface area contributed by atoms with Gasteiger partial charge in [0.05, 0.1) is 24.2 Å². The zero-order valence-electron chi connectivity index (χ0n) is 19.4. The molecule has 0 spiro atoms. The SMILES string of the molecule is CCCCOC(=O)N[C@@H]1CCN(C(=O)C(c2cccc(OC(F)(F)F)c2)C2(O)CCCCC2)C1. The van der Waals surface area contributed by atoms with Crippen molar-refractivity contribution in [3.63, 3.8) is 0 Å². The lowest BCUT2D eigenvalue weighted by Gasteiger charge is -2.40. The van der Waals surface area contributed by atoms with E-state index >= 15 is 0 Å². The molecule has 0 radical (unpaired) electrons. The average Bonchev–Trinajstić information content (AvgIpc) is 3.22. The van der Waals surface area contributed by atoms with E-state index in [1.807, 2.05) is 6.92 Å². The van der Waals surface area contributed by atoms with Gasteiger partial charge in [0.25, 0.3) is 0 Å². The number of nitrogens with zero attached hydrogens (tertiary/aromatic N) is 1. The number of amides is 2. The Labute approximate surface area is 197 Å². The first-order chi connectivity index (χ1) is 16.1. The van der Waals surface area contributed by atoms with Gasteiger partial charge in [-0.3, -0.25) is 4.79 Å². The second-order valence-electron chi connectivity index (χ2n) is 9.12. The summed E-state index contributed by atoms with van der Waals surface area (Å²) in [7, 11) is 0. The number of hydrogen-bond acceptors (Lipinski definition) is 5. The minimum absolute atomic E-state index is 0.243. The van der Waals surface area contributed by atoms with Gasteiger partial charge in [-0.1, -0.05) is 44.7 Å². The Balaban J connectivity index is 1.76. The van der Waals surface area contributed by atoms with Gasteiger partial charge in [-0.15, -0.1) is 13.2 Å². The Kier molecular flexibility index (Phi) is 8.67. The van der Waals surface area contributed by atoms with Gasteiger partial charge in [0.1, 0.15) is 5.75 Å². The summed E-state index contributed by atoms with van der Waals surface area (Å²) in [5, 5.41) is 14.2. The van der Waals surface area contributed by atoms with Crippen molar-refractivity contribution in [1.82, 2.24) is 10.2 Å². The molecule has 1 aromatic carbocycles. The summed E-state index contributed by atoms with van der Waals surface area (Å²) >= 11 is 0. The molecule has 2 aliphatic rings. The van der Waals surface area contributed by atoms with Crippen LogP contribution in [0.2, 0.25) is 0 Å². The van der Waals surface area contributed by atoms with Crippen LogP contribution in [0.15, 0.2) is 24.3 Å². The summed E-state index contributed by atoms with van der Waals surface area (Å²) in [5.74, 6) is -1.82. The van der Waals surface area contributed by atoms with Crippen molar-refractivity contribution < 1.29 is 37.3 Å². The Morgan fingerprint density at radius 1 is 1.26 bits per heavy atom. The van der Waals surface area contributed by atoms with Gasteiger partial charge in [-0.05, 0) is 43.4 Å². The molecule has 2 amide bonds. The highest BCUT2D eigenvalue weighted by Crippen LogP contribution is 2.42. The van der Waals surface area contributed by atoms with Crippen molar-refractivity contribution in [1.29, 1.82) is 0 Å². The lowest BCUT2D eigenvalue weighted by Crippen LogP contribution is -2.48. The van der Waals surface area contributed by atoms with Crippen LogP contribution >= 0.6 is 0 Å². The van der Waals surface area contributed by atoms with Crippen LogP contribution in [0.1, 0.15) is 69.8 Å². The van der Waals surface area contributed by atoms with Gasteiger partial charge in [0, 0.05) is 13.1 Å². The van der Waals surface area contributed by atoms with E-state index in [2.05, 4.69) is 10.1 Å². The van der Waals surface area contributed by atoms with E-state index in [1.165, 1.54) is 18.2 Å². The third-order valence-electron chi connectivity index (χ3n) is 6.48. The van der Waals surface area contributed by atoms with Crippen LogP contribution in [0, 0.1) is 0 Å². The lowest BCUT2D eigenvalue weighted by molar-refractivity contribution is -0.274. The summed E-state index contributed by atoms with van der Waals surface area (Å²) in [6.45, 7) is 2.92. The van der Waals surface area contributed by atoms with Crippen LogP contribution in [0.3, 0.4) is 0 Å². The minimum atomic E-state index is -4.86. The Morgan fingerprint density at radius 2 is 2.00 bits per heavy atom. The summed E-state index contributed by atoms with van der Waals surface area (Å²) in [6, 6.07) is 5.00. The number of nitrogens with one attached hydrogen (secondary N) is 1. The Bertz CT molecular complexity index is 842. The van der Waals surface area contributed by atoms with Crippen LogP contribution in [-0.2, 0) is 9.53 Å². The molecule has 190 valence electrons. The van der Waals surface area contributed by atoms with Crippen molar-refractivity contribution in [2.24, 2.45) is 0 Å². The molecule has 2 fully saturated rings. The summed E-state index contributed by atoms with van der Waals surface area (Å²) < 4.78 is 47.5. The second-order valence-corrected chi connectivity index (χ2v) is 9.12. The minimum Gasteiger partial charge on any atom is -0.450 e. The molecular weight excluding hydrogens is 453 g/mol. The number of carbonyl (C=O) groups excluding carboxylic acids is 2. The number of alkyl carbamates (subject to hydrolysis) is 1. The van der Waals surface area contributed by atoms with E-state index in [1.54, 1.807) is 11.0 Å². The molecule has 1 saturated heterocycles. The number of ether oxygens (including phenoxy) is 2. The molecule has 10 heteroatoms. The molecule has 1 aliphatic heterocycles. The van der Waals surface area contributed by atoms with E-state index in [-0.39, 0.29) is 24.1 Å². The number of alkyl halides is 3. The largest absolute Gasteiger partial charge is 0.573 e. The number of halogens is 3. The maximum atomic E-state index is 13.6. The first-order valence-corrected chi connectivity index (χ1v) is 11.9. The molecule has 3 rings (SSSR count). The molecular formula is C24H33F3N2O5. The van der Waals surface area contributed by atoms with Crippen molar-refractivity contribution in [2.75, 3.05) is 19.7 Å². The third kappa shape index (κ3) is 7.01. The van der Waals surface area contributed by atoms with Crippen LogP contribution in [0.5, 0.6) is 5.75 Å². The molecule has 1 unspecified atom stereocenters. The van der Waals surface area contributed by atoms with Crippen LogP contribution in [-0.4, -0.2) is 59.7 Å². The van der Waals surface area contributed by atoms with E-state index in [9.17, 15) is 27.9 Å². The van der Waals surface area contributed by atoms with E-state index < -0.39 is 29.7 Å². The van der Waals surface area contributed by atoms with Gasteiger partial charge in [-0.2, -0.15) is 0 Å². The zero-order chi connectivity index (χ0) is 24.8. The second kappa shape index (κ2) is 11.3. The van der Waals surface area contributed by atoms with Gasteiger partial charge in [0.15, 0.2) is 0 Å². The monoisotopic (exact) mass is 486 g/mol. The summed E-state index contributed by atoms with van der Waals surface area (Å²) in [5.41, 5.74) is -1.08. The topological polar surface area (TPSA) is 88.1 Å². The molecule has 1 aliphatic carbocycles. The Morgan fingerprint density at radius 3 is 2.68 bits per heavy atom. The molecule has 0 aromatic heterocycles. The van der Waals surface area contributed by atoms with Crippen molar-refractivity contribution in [3.05, 3.63) is 29.8 Å². The predicted octanol–water partition coefficient (Wildman–Crippen LogP) is 4.49. The molecule has 1 heterocycles. The van der Waals surface area contributed by atoms with E-state index in [0.29, 0.717) is 32.4 Å². The highest BCUT2D eigenvalue weighted by atomic mass is 19.4. The van der Waals surface area contributed by atoms with E-state index in [0.717, 1.165) is 32.1 Å². The zero-order valence-corrected chi connectivity index (χ0v) is 19.4. The number of rotatable bonds is 8. The van der Waals surface area contributed by atoms with Crippen molar-refractivity contribution >= 4 is 12.0 Å². The smallest absolute Gasteiger partial charge is 0.450 e. The first-order valence-electron chi connectivity index (χ1n) is 11.9. The summed E-state index contributed by atoms with van der Waals surface area (Å²) in [4.78, 5) is 27.2. The van der Waals surface area contributed by atoms with Crippen molar-refractivity contribution in [2.45, 2.75) is 82.2 Å². The number of aliphatic hydroxyl groups is 1. The highest BCUT2D eigenvalue weighted by Gasteiger charge is 2.46. The number of likely N-dealkylation sites (tertiary alicyclic amines) is 1. The maximum Gasteiger partial charge on any atom is 0.573 e. The number of unbranched alkanes of at least 4 members (excludes halogenated alkanes) is 1. The Hall–Kier alpha value is -2.49. The highest BCUT2D eigenvalue weighted by molar-refractivity contribution is 5.86. The summed E-state index contributed by atoms with van der Waals surface area (Å²) in [6.07, 6.45) is -0.0578.